The summed E-state index contributed by atoms with van der Waals surface area (Å²) in [5.74, 6) is -1.10. The van der Waals surface area contributed by atoms with Gasteiger partial charge >= 0.3 is 5.97 Å². The maximum absolute atomic E-state index is 12.2. The van der Waals surface area contributed by atoms with E-state index < -0.39 is 5.97 Å². The van der Waals surface area contributed by atoms with Crippen LogP contribution in [-0.4, -0.2) is 38.0 Å². The summed E-state index contributed by atoms with van der Waals surface area (Å²) < 4.78 is 4.46. The number of hydrogen-bond donors (Lipinski definition) is 1. The normalized spacial score (nSPS) is 17.4. The number of anilines is 1. The topological polar surface area (TPSA) is 75.7 Å². The van der Waals surface area contributed by atoms with Crippen molar-refractivity contribution in [3.05, 3.63) is 41.5 Å². The number of carbonyl (C=O) groups is 3. The Bertz CT molecular complexity index is 661. The van der Waals surface area contributed by atoms with Crippen molar-refractivity contribution in [3.63, 3.8) is 0 Å². The summed E-state index contributed by atoms with van der Waals surface area (Å²) in [5.41, 5.74) is 3.00. The van der Waals surface area contributed by atoms with Crippen LogP contribution in [0.15, 0.2) is 30.4 Å². The van der Waals surface area contributed by atoms with Crippen LogP contribution in [-0.2, 0) is 19.1 Å². The van der Waals surface area contributed by atoms with Gasteiger partial charge in [0.2, 0.25) is 11.8 Å². The second-order valence-corrected chi connectivity index (χ2v) is 5.92. The highest BCUT2D eigenvalue weighted by molar-refractivity contribution is 6.00. The lowest BCUT2D eigenvalue weighted by Crippen LogP contribution is -2.33. The molecule has 1 aliphatic rings. The molecule has 1 atom stereocenters. The van der Waals surface area contributed by atoms with E-state index in [9.17, 15) is 14.4 Å². The van der Waals surface area contributed by atoms with Gasteiger partial charge in [-0.25, -0.2) is 4.79 Å². The summed E-state index contributed by atoms with van der Waals surface area (Å²) in [4.78, 5) is 37.0. The molecule has 6 heteroatoms. The Balaban J connectivity index is 1.95. The molecule has 0 aliphatic carbocycles. The fraction of sp³-hybridized carbons (Fsp3) is 0.389. The van der Waals surface area contributed by atoms with Crippen molar-refractivity contribution >= 4 is 23.5 Å². The van der Waals surface area contributed by atoms with Gasteiger partial charge in [-0.1, -0.05) is 12.1 Å². The molecule has 1 aromatic rings. The maximum atomic E-state index is 12.2. The Morgan fingerprint density at radius 3 is 2.58 bits per heavy atom. The monoisotopic (exact) mass is 330 g/mol. The van der Waals surface area contributed by atoms with Crippen molar-refractivity contribution in [2.75, 3.05) is 25.1 Å². The van der Waals surface area contributed by atoms with Crippen LogP contribution in [0, 0.1) is 19.8 Å². The number of amides is 2. The predicted molar refractivity (Wildman–Crippen MR) is 90.5 cm³/mol. The molecule has 0 bridgehead atoms. The van der Waals surface area contributed by atoms with E-state index in [0.717, 1.165) is 16.8 Å². The zero-order valence-corrected chi connectivity index (χ0v) is 14.2. The van der Waals surface area contributed by atoms with Crippen LogP contribution in [0.2, 0.25) is 0 Å². The Labute approximate surface area is 141 Å². The number of methoxy groups -OCH3 is 1. The molecule has 0 saturated carbocycles. The van der Waals surface area contributed by atoms with Crippen LogP contribution in [0.5, 0.6) is 0 Å². The number of rotatable bonds is 5. The third-order valence-corrected chi connectivity index (χ3v) is 3.86. The average Bonchev–Trinajstić information content (AvgIpc) is 2.92. The van der Waals surface area contributed by atoms with Crippen molar-refractivity contribution in [2.24, 2.45) is 5.92 Å². The van der Waals surface area contributed by atoms with E-state index in [-0.39, 0.29) is 30.7 Å². The summed E-state index contributed by atoms with van der Waals surface area (Å²) in [7, 11) is 1.29. The van der Waals surface area contributed by atoms with Crippen LogP contribution in [0.4, 0.5) is 5.69 Å². The number of hydrogen-bond acceptors (Lipinski definition) is 4. The lowest BCUT2D eigenvalue weighted by molar-refractivity contribution is -0.135. The first-order chi connectivity index (χ1) is 11.4. The number of aryl methyl sites for hydroxylation is 2. The highest BCUT2D eigenvalue weighted by Crippen LogP contribution is 2.27. The number of carbonyl (C=O) groups excluding carboxylic acids is 3. The van der Waals surface area contributed by atoms with Gasteiger partial charge in [0.15, 0.2) is 0 Å². The van der Waals surface area contributed by atoms with Gasteiger partial charge in [-0.05, 0) is 37.1 Å². The Kier molecular flexibility index (Phi) is 5.73. The Morgan fingerprint density at radius 1 is 1.29 bits per heavy atom. The minimum absolute atomic E-state index is 0.0507. The number of nitrogens with zero attached hydrogens (tertiary/aromatic N) is 1. The zero-order valence-electron chi connectivity index (χ0n) is 14.2. The van der Waals surface area contributed by atoms with E-state index in [1.54, 1.807) is 4.90 Å². The minimum atomic E-state index is -0.471. The SMILES string of the molecule is COC(=O)/C=C/CNC(=O)C1CC(=O)N(c2cc(C)cc(C)c2)C1. The van der Waals surface area contributed by atoms with Gasteiger partial charge in [-0.2, -0.15) is 0 Å². The molecule has 0 radical (unpaired) electrons. The average molecular weight is 330 g/mol. The van der Waals surface area contributed by atoms with E-state index in [4.69, 9.17) is 0 Å². The van der Waals surface area contributed by atoms with Crippen molar-refractivity contribution < 1.29 is 19.1 Å². The minimum Gasteiger partial charge on any atom is -0.466 e. The Morgan fingerprint density at radius 2 is 1.96 bits per heavy atom. The fourth-order valence-electron chi connectivity index (χ4n) is 2.77. The van der Waals surface area contributed by atoms with E-state index >= 15 is 0 Å². The second kappa shape index (κ2) is 7.77. The highest BCUT2D eigenvalue weighted by Gasteiger charge is 2.34. The molecule has 1 saturated heterocycles. The first-order valence-electron chi connectivity index (χ1n) is 7.81. The molecule has 1 heterocycles. The highest BCUT2D eigenvalue weighted by atomic mass is 16.5. The molecule has 1 N–H and O–H groups in total. The number of benzene rings is 1. The molecular weight excluding hydrogens is 308 g/mol. The van der Waals surface area contributed by atoms with Crippen LogP contribution in [0.3, 0.4) is 0 Å². The van der Waals surface area contributed by atoms with E-state index in [2.05, 4.69) is 10.1 Å². The van der Waals surface area contributed by atoms with Gasteiger partial charge in [0.05, 0.1) is 13.0 Å². The predicted octanol–water partition coefficient (Wildman–Crippen LogP) is 1.50. The molecule has 1 aliphatic heterocycles. The Hall–Kier alpha value is -2.63. The van der Waals surface area contributed by atoms with E-state index in [1.165, 1.54) is 19.3 Å². The zero-order chi connectivity index (χ0) is 17.7. The third-order valence-electron chi connectivity index (χ3n) is 3.86. The lowest BCUT2D eigenvalue weighted by Gasteiger charge is -2.18. The molecule has 6 nitrogen and oxygen atoms in total. The van der Waals surface area contributed by atoms with Crippen molar-refractivity contribution in [3.8, 4) is 0 Å². The summed E-state index contributed by atoms with van der Waals surface area (Å²) in [6.45, 7) is 4.56. The van der Waals surface area contributed by atoms with Gasteiger partial charge in [-0.15, -0.1) is 0 Å². The first kappa shape index (κ1) is 17.7. The smallest absolute Gasteiger partial charge is 0.330 e. The van der Waals surface area contributed by atoms with Crippen LogP contribution < -0.4 is 10.2 Å². The van der Waals surface area contributed by atoms with Gasteiger partial charge in [0.1, 0.15) is 0 Å². The third kappa shape index (κ3) is 4.44. The van der Waals surface area contributed by atoms with Crippen LogP contribution >= 0.6 is 0 Å². The molecule has 128 valence electrons. The fourth-order valence-corrected chi connectivity index (χ4v) is 2.77. The molecule has 2 amide bonds. The molecule has 0 spiro atoms. The van der Waals surface area contributed by atoms with Gasteiger partial charge in [0, 0.05) is 31.3 Å². The quantitative estimate of drug-likeness (QED) is 0.656. The lowest BCUT2D eigenvalue weighted by atomic mass is 10.1. The van der Waals surface area contributed by atoms with Crippen molar-refractivity contribution in [1.82, 2.24) is 5.32 Å². The van der Waals surface area contributed by atoms with Crippen molar-refractivity contribution in [1.29, 1.82) is 0 Å². The van der Waals surface area contributed by atoms with Crippen molar-refractivity contribution in [2.45, 2.75) is 20.3 Å². The number of ether oxygens (including phenoxy) is 1. The van der Waals surface area contributed by atoms with Gasteiger partial charge < -0.3 is 15.0 Å². The standard InChI is InChI=1S/C18H22N2O4/c1-12-7-13(2)9-15(8-12)20-11-14(10-16(20)21)18(23)19-6-4-5-17(22)24-3/h4-5,7-9,14H,6,10-11H2,1-3H3,(H,19,23)/b5-4+. The van der Waals surface area contributed by atoms with Gasteiger partial charge in [0.25, 0.3) is 0 Å². The van der Waals surface area contributed by atoms with Crippen LogP contribution in [0.25, 0.3) is 0 Å². The molecule has 1 fully saturated rings. The van der Waals surface area contributed by atoms with Gasteiger partial charge in [-0.3, -0.25) is 9.59 Å². The second-order valence-electron chi connectivity index (χ2n) is 5.92. The molecule has 2 rings (SSSR count). The van der Waals surface area contributed by atoms with E-state index in [1.807, 2.05) is 32.0 Å². The molecule has 1 unspecified atom stereocenters. The summed E-state index contributed by atoms with van der Waals surface area (Å²) >= 11 is 0. The first-order valence-corrected chi connectivity index (χ1v) is 7.81. The van der Waals surface area contributed by atoms with E-state index in [0.29, 0.717) is 6.54 Å². The molecular formula is C18H22N2O4. The maximum Gasteiger partial charge on any atom is 0.330 e. The molecule has 1 aromatic carbocycles. The van der Waals surface area contributed by atoms with Crippen LogP contribution in [0.1, 0.15) is 17.5 Å². The summed E-state index contributed by atoms with van der Waals surface area (Å²) in [5, 5.41) is 2.71. The molecule has 0 aromatic heterocycles. The summed E-state index contributed by atoms with van der Waals surface area (Å²) in [6.07, 6.45) is 2.96. The summed E-state index contributed by atoms with van der Waals surface area (Å²) in [6, 6.07) is 5.94. The number of nitrogens with one attached hydrogen (secondary N) is 1. The number of esters is 1. The molecule has 24 heavy (non-hydrogen) atoms. The largest absolute Gasteiger partial charge is 0.466 e.